The van der Waals surface area contributed by atoms with Crippen LogP contribution in [-0.2, 0) is 16.0 Å². The third-order valence-corrected chi connectivity index (χ3v) is 3.43. The maximum Gasteiger partial charge on any atom is 0.264 e. The highest BCUT2D eigenvalue weighted by molar-refractivity contribution is 5.82. The lowest BCUT2D eigenvalue weighted by Gasteiger charge is -2.25. The fourth-order valence-corrected chi connectivity index (χ4v) is 2.34. The first-order valence-electron chi connectivity index (χ1n) is 6.98. The molecule has 1 atom stereocenters. The van der Waals surface area contributed by atoms with Gasteiger partial charge in [0.05, 0.1) is 6.61 Å². The Morgan fingerprint density at radius 1 is 1.45 bits per heavy atom. The number of amides is 1. The number of benzene rings is 1. The molecule has 0 bridgehead atoms. The number of nitrogens with zero attached hydrogens (tertiary/aromatic N) is 1. The number of ether oxygens (including phenoxy) is 2. The normalized spacial score (nSPS) is 16.6. The zero-order valence-electron chi connectivity index (χ0n) is 11.9. The minimum absolute atomic E-state index is 0.0201. The van der Waals surface area contributed by atoms with Gasteiger partial charge < -0.3 is 20.1 Å². The monoisotopic (exact) mass is 278 g/mol. The Balaban J connectivity index is 1.98. The van der Waals surface area contributed by atoms with Gasteiger partial charge in [0, 0.05) is 26.6 Å². The van der Waals surface area contributed by atoms with Gasteiger partial charge >= 0.3 is 0 Å². The molecule has 5 heteroatoms. The van der Waals surface area contributed by atoms with Crippen molar-refractivity contribution in [3.8, 4) is 5.75 Å². The molecule has 110 valence electrons. The fraction of sp³-hybridized carbons (Fsp3) is 0.533. The first-order valence-corrected chi connectivity index (χ1v) is 6.98. The van der Waals surface area contributed by atoms with Crippen LogP contribution in [0, 0.1) is 0 Å². The standard InChI is InChI=1S/C15H22N2O3/c1-19-10-9-17(8-4-7-16)15(18)14-11-12-5-2-3-6-13(12)20-14/h2-3,5-6,14H,4,7-11,16H2,1H3. The Labute approximate surface area is 119 Å². The van der Waals surface area contributed by atoms with E-state index in [2.05, 4.69) is 0 Å². The molecule has 1 amide bonds. The molecule has 1 aliphatic rings. The van der Waals surface area contributed by atoms with Crippen LogP contribution in [-0.4, -0.2) is 50.3 Å². The van der Waals surface area contributed by atoms with Crippen LogP contribution in [0.15, 0.2) is 24.3 Å². The molecular formula is C15H22N2O3. The van der Waals surface area contributed by atoms with E-state index in [1.807, 2.05) is 24.3 Å². The van der Waals surface area contributed by atoms with Crippen molar-refractivity contribution < 1.29 is 14.3 Å². The molecule has 2 rings (SSSR count). The molecule has 1 unspecified atom stereocenters. The van der Waals surface area contributed by atoms with Crippen LogP contribution in [0.3, 0.4) is 0 Å². The minimum Gasteiger partial charge on any atom is -0.480 e. The van der Waals surface area contributed by atoms with Crippen LogP contribution in [0.25, 0.3) is 0 Å². The van der Waals surface area contributed by atoms with E-state index in [4.69, 9.17) is 15.2 Å². The predicted molar refractivity (Wildman–Crippen MR) is 76.7 cm³/mol. The molecule has 0 saturated carbocycles. The van der Waals surface area contributed by atoms with Gasteiger partial charge in [0.1, 0.15) is 5.75 Å². The smallest absolute Gasteiger partial charge is 0.264 e. The van der Waals surface area contributed by atoms with Gasteiger partial charge in [-0.3, -0.25) is 4.79 Å². The molecule has 0 aromatic heterocycles. The first-order chi connectivity index (χ1) is 9.76. The van der Waals surface area contributed by atoms with Gasteiger partial charge in [0.2, 0.25) is 0 Å². The van der Waals surface area contributed by atoms with Crippen LogP contribution in [0.4, 0.5) is 0 Å². The number of methoxy groups -OCH3 is 1. The Bertz CT molecular complexity index is 417. The van der Waals surface area contributed by atoms with Crippen LogP contribution >= 0.6 is 0 Å². The van der Waals surface area contributed by atoms with Gasteiger partial charge in [0.25, 0.3) is 5.91 Å². The molecule has 0 saturated heterocycles. The molecule has 5 nitrogen and oxygen atoms in total. The van der Waals surface area contributed by atoms with Crippen molar-refractivity contribution >= 4 is 5.91 Å². The summed E-state index contributed by atoms with van der Waals surface area (Å²) in [5, 5.41) is 0. The number of hydrogen-bond donors (Lipinski definition) is 1. The molecule has 2 N–H and O–H groups in total. The van der Waals surface area contributed by atoms with E-state index < -0.39 is 6.10 Å². The quantitative estimate of drug-likeness (QED) is 0.802. The molecular weight excluding hydrogens is 256 g/mol. The number of rotatable bonds is 7. The summed E-state index contributed by atoms with van der Waals surface area (Å²) in [6.45, 7) is 2.32. The van der Waals surface area contributed by atoms with Crippen molar-refractivity contribution in [2.24, 2.45) is 5.73 Å². The Morgan fingerprint density at radius 3 is 2.95 bits per heavy atom. The van der Waals surface area contributed by atoms with E-state index in [-0.39, 0.29) is 5.91 Å². The third-order valence-electron chi connectivity index (χ3n) is 3.43. The highest BCUT2D eigenvalue weighted by Gasteiger charge is 2.31. The second-order valence-electron chi connectivity index (χ2n) is 4.88. The van der Waals surface area contributed by atoms with Crippen molar-refractivity contribution in [3.05, 3.63) is 29.8 Å². The zero-order valence-corrected chi connectivity index (χ0v) is 11.9. The average Bonchev–Trinajstić information content (AvgIpc) is 2.90. The van der Waals surface area contributed by atoms with E-state index in [0.29, 0.717) is 32.7 Å². The highest BCUT2D eigenvalue weighted by atomic mass is 16.5. The molecule has 1 aliphatic heterocycles. The molecule has 1 aromatic rings. The van der Waals surface area contributed by atoms with E-state index in [9.17, 15) is 4.79 Å². The number of hydrogen-bond acceptors (Lipinski definition) is 4. The number of nitrogens with two attached hydrogens (primary N) is 1. The van der Waals surface area contributed by atoms with Gasteiger partial charge in [-0.1, -0.05) is 18.2 Å². The summed E-state index contributed by atoms with van der Waals surface area (Å²) in [4.78, 5) is 14.3. The summed E-state index contributed by atoms with van der Waals surface area (Å²) in [5.74, 6) is 0.836. The lowest BCUT2D eigenvalue weighted by atomic mass is 10.1. The summed E-state index contributed by atoms with van der Waals surface area (Å²) < 4.78 is 10.8. The maximum absolute atomic E-state index is 12.5. The minimum atomic E-state index is -0.415. The maximum atomic E-state index is 12.5. The van der Waals surface area contributed by atoms with E-state index in [1.54, 1.807) is 12.0 Å². The van der Waals surface area contributed by atoms with Crippen LogP contribution in [0.5, 0.6) is 5.75 Å². The first kappa shape index (κ1) is 14.8. The number of carbonyl (C=O) groups is 1. The summed E-state index contributed by atoms with van der Waals surface area (Å²) >= 11 is 0. The topological polar surface area (TPSA) is 64.8 Å². The van der Waals surface area contributed by atoms with E-state index >= 15 is 0 Å². The van der Waals surface area contributed by atoms with E-state index in [0.717, 1.165) is 17.7 Å². The van der Waals surface area contributed by atoms with E-state index in [1.165, 1.54) is 0 Å². The van der Waals surface area contributed by atoms with Crippen LogP contribution < -0.4 is 10.5 Å². The van der Waals surface area contributed by atoms with Crippen molar-refractivity contribution in [2.45, 2.75) is 18.9 Å². The van der Waals surface area contributed by atoms with Crippen molar-refractivity contribution in [3.63, 3.8) is 0 Å². The van der Waals surface area contributed by atoms with Gasteiger partial charge in [0.15, 0.2) is 6.10 Å². The lowest BCUT2D eigenvalue weighted by molar-refractivity contribution is -0.138. The average molecular weight is 278 g/mol. The Morgan fingerprint density at radius 2 is 2.25 bits per heavy atom. The van der Waals surface area contributed by atoms with Crippen molar-refractivity contribution in [2.75, 3.05) is 33.4 Å². The summed E-state index contributed by atoms with van der Waals surface area (Å²) in [6.07, 6.45) is 1.01. The SMILES string of the molecule is COCCN(CCCN)C(=O)C1Cc2ccccc2O1. The van der Waals surface area contributed by atoms with Crippen LogP contribution in [0.2, 0.25) is 0 Å². The highest BCUT2D eigenvalue weighted by Crippen LogP contribution is 2.28. The number of fused-ring (bicyclic) bond motifs is 1. The van der Waals surface area contributed by atoms with Gasteiger partial charge in [-0.2, -0.15) is 0 Å². The molecule has 1 aromatic carbocycles. The van der Waals surface area contributed by atoms with Gasteiger partial charge in [-0.05, 0) is 24.6 Å². The number of carbonyl (C=O) groups excluding carboxylic acids is 1. The number of para-hydroxylation sites is 1. The summed E-state index contributed by atoms with van der Waals surface area (Å²) in [5.41, 5.74) is 6.62. The molecule has 0 radical (unpaired) electrons. The van der Waals surface area contributed by atoms with Crippen molar-refractivity contribution in [1.29, 1.82) is 0 Å². The van der Waals surface area contributed by atoms with Gasteiger partial charge in [-0.15, -0.1) is 0 Å². The third kappa shape index (κ3) is 3.49. The summed E-state index contributed by atoms with van der Waals surface area (Å²) in [6, 6.07) is 7.79. The van der Waals surface area contributed by atoms with Gasteiger partial charge in [-0.25, -0.2) is 0 Å². The molecule has 1 heterocycles. The Hall–Kier alpha value is -1.59. The largest absolute Gasteiger partial charge is 0.480 e. The fourth-order valence-electron chi connectivity index (χ4n) is 2.34. The van der Waals surface area contributed by atoms with Crippen molar-refractivity contribution in [1.82, 2.24) is 4.90 Å². The lowest BCUT2D eigenvalue weighted by Crippen LogP contribution is -2.43. The predicted octanol–water partition coefficient (Wildman–Crippen LogP) is 0.814. The molecule has 0 spiro atoms. The summed E-state index contributed by atoms with van der Waals surface area (Å²) in [7, 11) is 1.63. The second kappa shape index (κ2) is 7.26. The molecule has 20 heavy (non-hydrogen) atoms. The second-order valence-corrected chi connectivity index (χ2v) is 4.88. The van der Waals surface area contributed by atoms with Crippen LogP contribution in [0.1, 0.15) is 12.0 Å². The molecule has 0 fully saturated rings. The zero-order chi connectivity index (χ0) is 14.4. The molecule has 0 aliphatic carbocycles. The Kier molecular flexibility index (Phi) is 5.38.